The van der Waals surface area contributed by atoms with E-state index in [0.717, 1.165) is 17.8 Å². The van der Waals surface area contributed by atoms with Crippen molar-refractivity contribution in [2.45, 2.75) is 32.7 Å². The lowest BCUT2D eigenvalue weighted by atomic mass is 10.0. The predicted octanol–water partition coefficient (Wildman–Crippen LogP) is 0.998. The predicted molar refractivity (Wildman–Crippen MR) is 45.3 cm³/mol. The Kier molecular flexibility index (Phi) is 2.00. The number of hydrogen-bond acceptors (Lipinski definition) is 2. The van der Waals surface area contributed by atoms with Crippen LogP contribution in [0, 0.1) is 6.92 Å². The number of aromatic nitrogens is 2. The highest BCUT2D eigenvalue weighted by Gasteiger charge is 2.12. The molecule has 1 rings (SSSR count). The molecule has 0 aromatic carbocycles. The molecule has 0 spiro atoms. The van der Waals surface area contributed by atoms with E-state index in [4.69, 9.17) is 5.73 Å². The maximum Gasteiger partial charge on any atom is 0.0642 e. The molecule has 0 unspecified atom stereocenters. The van der Waals surface area contributed by atoms with Gasteiger partial charge in [-0.15, -0.1) is 0 Å². The average molecular weight is 153 g/mol. The summed E-state index contributed by atoms with van der Waals surface area (Å²) in [5.41, 5.74) is 7.78. The van der Waals surface area contributed by atoms with Gasteiger partial charge in [0.1, 0.15) is 0 Å². The van der Waals surface area contributed by atoms with E-state index in [1.54, 1.807) is 0 Å². The first-order valence-corrected chi connectivity index (χ1v) is 3.77. The summed E-state index contributed by atoms with van der Waals surface area (Å²) in [5.74, 6) is 0. The maximum atomic E-state index is 5.82. The molecule has 0 fully saturated rings. The Labute approximate surface area is 67.0 Å². The van der Waals surface area contributed by atoms with Crippen molar-refractivity contribution in [3.05, 3.63) is 17.5 Å². The van der Waals surface area contributed by atoms with Crippen LogP contribution in [-0.4, -0.2) is 15.7 Å². The third-order valence-corrected chi connectivity index (χ3v) is 1.40. The Morgan fingerprint density at radius 2 is 2.27 bits per heavy atom. The quantitative estimate of drug-likeness (QED) is 0.666. The number of nitrogens with one attached hydrogen (secondary N) is 1. The van der Waals surface area contributed by atoms with Crippen LogP contribution in [0.4, 0.5) is 0 Å². The minimum absolute atomic E-state index is 0.165. The zero-order valence-electron chi connectivity index (χ0n) is 7.31. The lowest BCUT2D eigenvalue weighted by Gasteiger charge is -2.15. The highest BCUT2D eigenvalue weighted by atomic mass is 15.1. The fraction of sp³-hybridized carbons (Fsp3) is 0.625. The van der Waals surface area contributed by atoms with Crippen LogP contribution in [0.1, 0.15) is 25.2 Å². The molecule has 0 radical (unpaired) electrons. The van der Waals surface area contributed by atoms with Crippen LogP contribution in [0.5, 0.6) is 0 Å². The Bertz CT molecular complexity index is 232. The zero-order valence-corrected chi connectivity index (χ0v) is 7.31. The second kappa shape index (κ2) is 2.66. The Morgan fingerprint density at radius 1 is 1.64 bits per heavy atom. The Balaban J connectivity index is 2.65. The van der Waals surface area contributed by atoms with Gasteiger partial charge in [0.05, 0.1) is 5.69 Å². The van der Waals surface area contributed by atoms with Crippen molar-refractivity contribution < 1.29 is 0 Å². The van der Waals surface area contributed by atoms with Gasteiger partial charge in [-0.2, -0.15) is 5.10 Å². The minimum atomic E-state index is -0.165. The van der Waals surface area contributed by atoms with Crippen molar-refractivity contribution in [2.75, 3.05) is 0 Å². The lowest BCUT2D eigenvalue weighted by Crippen LogP contribution is -2.34. The van der Waals surface area contributed by atoms with E-state index in [1.165, 1.54) is 0 Å². The van der Waals surface area contributed by atoms with E-state index in [0.29, 0.717) is 0 Å². The Morgan fingerprint density at radius 3 is 2.64 bits per heavy atom. The van der Waals surface area contributed by atoms with Gasteiger partial charge in [0, 0.05) is 17.7 Å². The average Bonchev–Trinajstić information content (AvgIpc) is 2.10. The molecule has 0 aliphatic heterocycles. The van der Waals surface area contributed by atoms with Gasteiger partial charge in [-0.05, 0) is 26.8 Å². The fourth-order valence-corrected chi connectivity index (χ4v) is 1.03. The van der Waals surface area contributed by atoms with Crippen molar-refractivity contribution in [2.24, 2.45) is 5.73 Å². The molecule has 11 heavy (non-hydrogen) atoms. The highest BCUT2D eigenvalue weighted by Crippen LogP contribution is 2.07. The molecule has 0 saturated carbocycles. The summed E-state index contributed by atoms with van der Waals surface area (Å²) in [6.07, 6.45) is 0.817. The molecular formula is C8H15N3. The second-order valence-electron chi connectivity index (χ2n) is 3.71. The standard InChI is InChI=1S/C8H15N3/c1-6-4-7(11-10-6)5-8(2,3)9/h4H,5,9H2,1-3H3,(H,10,11). The molecule has 0 aliphatic rings. The molecule has 3 nitrogen and oxygen atoms in total. The van der Waals surface area contributed by atoms with E-state index in [-0.39, 0.29) is 5.54 Å². The molecular weight excluding hydrogens is 138 g/mol. The van der Waals surface area contributed by atoms with E-state index in [1.807, 2.05) is 26.8 Å². The van der Waals surface area contributed by atoms with Gasteiger partial charge in [-0.3, -0.25) is 5.10 Å². The minimum Gasteiger partial charge on any atom is -0.325 e. The molecule has 1 aromatic heterocycles. The summed E-state index contributed by atoms with van der Waals surface area (Å²) in [6.45, 7) is 5.98. The van der Waals surface area contributed by atoms with Gasteiger partial charge in [0.2, 0.25) is 0 Å². The van der Waals surface area contributed by atoms with Crippen LogP contribution in [0.15, 0.2) is 6.07 Å². The van der Waals surface area contributed by atoms with E-state index in [9.17, 15) is 0 Å². The van der Waals surface area contributed by atoms with Gasteiger partial charge >= 0.3 is 0 Å². The third kappa shape index (κ3) is 2.72. The van der Waals surface area contributed by atoms with Gasteiger partial charge in [-0.25, -0.2) is 0 Å². The van der Waals surface area contributed by atoms with Gasteiger partial charge < -0.3 is 5.73 Å². The van der Waals surface area contributed by atoms with Crippen LogP contribution in [-0.2, 0) is 6.42 Å². The van der Waals surface area contributed by atoms with Crippen molar-refractivity contribution >= 4 is 0 Å². The molecule has 1 aromatic rings. The summed E-state index contributed by atoms with van der Waals surface area (Å²) < 4.78 is 0. The SMILES string of the molecule is Cc1cc(CC(C)(C)N)n[nH]1. The molecule has 0 amide bonds. The zero-order chi connectivity index (χ0) is 8.48. The van der Waals surface area contributed by atoms with Crippen molar-refractivity contribution in [1.82, 2.24) is 10.2 Å². The third-order valence-electron chi connectivity index (χ3n) is 1.40. The molecule has 0 aliphatic carbocycles. The summed E-state index contributed by atoms with van der Waals surface area (Å²) >= 11 is 0. The number of aryl methyl sites for hydroxylation is 1. The van der Waals surface area contributed by atoms with Crippen LogP contribution in [0.3, 0.4) is 0 Å². The van der Waals surface area contributed by atoms with E-state index < -0.39 is 0 Å². The molecule has 0 bridgehead atoms. The normalized spacial score (nSPS) is 12.0. The van der Waals surface area contributed by atoms with Crippen LogP contribution < -0.4 is 5.73 Å². The first-order valence-electron chi connectivity index (χ1n) is 3.77. The summed E-state index contributed by atoms with van der Waals surface area (Å²) in [7, 11) is 0. The van der Waals surface area contributed by atoms with Gasteiger partial charge in [-0.1, -0.05) is 0 Å². The highest BCUT2D eigenvalue weighted by molar-refractivity contribution is 5.09. The molecule has 0 atom stereocenters. The second-order valence-corrected chi connectivity index (χ2v) is 3.71. The van der Waals surface area contributed by atoms with Crippen molar-refractivity contribution in [3.8, 4) is 0 Å². The molecule has 3 heteroatoms. The lowest BCUT2D eigenvalue weighted by molar-refractivity contribution is 0.509. The summed E-state index contributed by atoms with van der Waals surface area (Å²) in [6, 6.07) is 2.02. The van der Waals surface area contributed by atoms with Gasteiger partial charge in [0.15, 0.2) is 0 Å². The topological polar surface area (TPSA) is 54.7 Å². The van der Waals surface area contributed by atoms with Crippen molar-refractivity contribution in [1.29, 1.82) is 0 Å². The monoisotopic (exact) mass is 153 g/mol. The number of nitrogens with two attached hydrogens (primary N) is 1. The fourth-order valence-electron chi connectivity index (χ4n) is 1.03. The maximum absolute atomic E-state index is 5.82. The smallest absolute Gasteiger partial charge is 0.0642 e. The van der Waals surface area contributed by atoms with E-state index >= 15 is 0 Å². The molecule has 3 N–H and O–H groups in total. The number of aromatic amines is 1. The van der Waals surface area contributed by atoms with Crippen LogP contribution in [0.25, 0.3) is 0 Å². The molecule has 62 valence electrons. The summed E-state index contributed by atoms with van der Waals surface area (Å²) in [4.78, 5) is 0. The van der Waals surface area contributed by atoms with Gasteiger partial charge in [0.25, 0.3) is 0 Å². The van der Waals surface area contributed by atoms with E-state index in [2.05, 4.69) is 10.2 Å². The first-order chi connectivity index (χ1) is 4.97. The number of rotatable bonds is 2. The van der Waals surface area contributed by atoms with Crippen LogP contribution >= 0.6 is 0 Å². The molecule has 0 saturated heterocycles. The summed E-state index contributed by atoms with van der Waals surface area (Å²) in [5, 5.41) is 6.98. The first kappa shape index (κ1) is 8.27. The van der Waals surface area contributed by atoms with Crippen LogP contribution in [0.2, 0.25) is 0 Å². The number of H-pyrrole nitrogens is 1. The number of hydrogen-bond donors (Lipinski definition) is 2. The Hall–Kier alpha value is -0.830. The largest absolute Gasteiger partial charge is 0.325 e. The number of nitrogens with zero attached hydrogens (tertiary/aromatic N) is 1. The molecule has 1 heterocycles. The van der Waals surface area contributed by atoms with Crippen molar-refractivity contribution in [3.63, 3.8) is 0 Å².